The normalized spacial score (nSPS) is 11.3. The number of hydrogen-bond acceptors (Lipinski definition) is 4. The van der Waals surface area contributed by atoms with Crippen LogP contribution in [0.15, 0.2) is 35.0 Å². The minimum absolute atomic E-state index is 0.00119. The molecule has 2 amide bonds. The third-order valence-electron chi connectivity index (χ3n) is 2.88. The molecule has 0 bridgehead atoms. The molecule has 0 aliphatic carbocycles. The first-order chi connectivity index (χ1) is 11.1. The van der Waals surface area contributed by atoms with E-state index in [1.165, 1.54) is 23.5 Å². The van der Waals surface area contributed by atoms with E-state index in [0.717, 1.165) is 11.6 Å². The highest BCUT2D eigenvalue weighted by Crippen LogP contribution is 2.25. The fraction of sp³-hybridized carbons (Fsp3) is 0.188. The molecule has 1 aromatic heterocycles. The smallest absolute Gasteiger partial charge is 0.319 e. The number of hydrogen-bond donors (Lipinski definition) is 3. The van der Waals surface area contributed by atoms with E-state index in [4.69, 9.17) is 11.2 Å². The quantitative estimate of drug-likeness (QED) is 0.712. The van der Waals surface area contributed by atoms with Gasteiger partial charge in [-0.15, -0.1) is 6.42 Å². The van der Waals surface area contributed by atoms with Crippen molar-refractivity contribution in [2.24, 2.45) is 0 Å². The first-order valence-electron chi connectivity index (χ1n) is 6.71. The Balaban J connectivity index is 1.94. The van der Waals surface area contributed by atoms with Gasteiger partial charge in [0.05, 0.1) is 11.8 Å². The van der Waals surface area contributed by atoms with Crippen LogP contribution in [0.25, 0.3) is 0 Å². The number of ether oxygens (including phenoxy) is 1. The number of amides is 2. The first-order valence-corrected chi connectivity index (χ1v) is 7.65. The number of aliphatic hydroxyl groups is 1. The van der Waals surface area contributed by atoms with Gasteiger partial charge in [-0.2, -0.15) is 11.3 Å². The van der Waals surface area contributed by atoms with Crippen molar-refractivity contribution < 1.29 is 19.0 Å². The Kier molecular flexibility index (Phi) is 5.97. The molecule has 0 aliphatic rings. The van der Waals surface area contributed by atoms with Crippen molar-refractivity contribution in [1.29, 1.82) is 0 Å². The van der Waals surface area contributed by atoms with Crippen molar-refractivity contribution in [3.8, 4) is 18.1 Å². The maximum absolute atomic E-state index is 13.3. The Morgan fingerprint density at radius 2 is 2.30 bits per heavy atom. The van der Waals surface area contributed by atoms with Crippen LogP contribution in [0.2, 0.25) is 0 Å². The van der Waals surface area contributed by atoms with E-state index in [-0.39, 0.29) is 24.6 Å². The molecule has 5 nitrogen and oxygen atoms in total. The van der Waals surface area contributed by atoms with Crippen LogP contribution in [-0.4, -0.2) is 24.3 Å². The van der Waals surface area contributed by atoms with E-state index in [2.05, 4.69) is 16.6 Å². The third kappa shape index (κ3) is 4.98. The molecule has 2 aromatic rings. The largest absolute Gasteiger partial charge is 0.479 e. The van der Waals surface area contributed by atoms with Crippen molar-refractivity contribution in [3.63, 3.8) is 0 Å². The van der Waals surface area contributed by atoms with Crippen LogP contribution < -0.4 is 15.4 Å². The topological polar surface area (TPSA) is 70.6 Å². The summed E-state index contributed by atoms with van der Waals surface area (Å²) in [5.74, 6) is 2.03. The van der Waals surface area contributed by atoms with Crippen LogP contribution in [0.3, 0.4) is 0 Å². The molecule has 1 atom stereocenters. The van der Waals surface area contributed by atoms with Gasteiger partial charge in [0.15, 0.2) is 0 Å². The average Bonchev–Trinajstić information content (AvgIpc) is 3.06. The Labute approximate surface area is 137 Å². The van der Waals surface area contributed by atoms with Crippen LogP contribution >= 0.6 is 11.3 Å². The van der Waals surface area contributed by atoms with E-state index < -0.39 is 18.0 Å². The summed E-state index contributed by atoms with van der Waals surface area (Å²) in [6, 6.07) is 4.89. The fourth-order valence-electron chi connectivity index (χ4n) is 1.78. The lowest BCUT2D eigenvalue weighted by Crippen LogP contribution is -2.32. The van der Waals surface area contributed by atoms with Crippen molar-refractivity contribution >= 4 is 23.1 Å². The summed E-state index contributed by atoms with van der Waals surface area (Å²) in [5.41, 5.74) is 0.877. The molecule has 0 radical (unpaired) electrons. The summed E-state index contributed by atoms with van der Waals surface area (Å²) in [7, 11) is 0. The molecule has 23 heavy (non-hydrogen) atoms. The molecule has 2 rings (SSSR count). The van der Waals surface area contributed by atoms with Crippen LogP contribution in [0, 0.1) is 18.2 Å². The molecule has 3 N–H and O–H groups in total. The molecule has 1 aromatic carbocycles. The van der Waals surface area contributed by atoms with Crippen LogP contribution in [-0.2, 0) is 0 Å². The number of rotatable bonds is 6. The van der Waals surface area contributed by atoms with Gasteiger partial charge in [0.2, 0.25) is 0 Å². The van der Waals surface area contributed by atoms with E-state index in [9.17, 15) is 14.3 Å². The fourth-order valence-corrected chi connectivity index (χ4v) is 2.49. The minimum Gasteiger partial charge on any atom is -0.479 e. The zero-order valence-corrected chi connectivity index (χ0v) is 12.9. The van der Waals surface area contributed by atoms with Gasteiger partial charge in [-0.1, -0.05) is 5.92 Å². The van der Waals surface area contributed by atoms with E-state index in [0.29, 0.717) is 0 Å². The Morgan fingerprint density at radius 1 is 1.48 bits per heavy atom. The van der Waals surface area contributed by atoms with E-state index >= 15 is 0 Å². The number of anilines is 1. The Hall–Kier alpha value is -2.56. The number of carbonyl (C=O) groups is 1. The second-order valence-electron chi connectivity index (χ2n) is 4.54. The van der Waals surface area contributed by atoms with Gasteiger partial charge in [-0.25, -0.2) is 9.18 Å². The maximum atomic E-state index is 13.3. The number of aliphatic hydroxyl groups excluding tert-OH is 1. The van der Waals surface area contributed by atoms with Crippen LogP contribution in [0.4, 0.5) is 14.9 Å². The number of thiophene rings is 1. The van der Waals surface area contributed by atoms with Gasteiger partial charge >= 0.3 is 6.03 Å². The molecular weight excluding hydrogens is 319 g/mol. The maximum Gasteiger partial charge on any atom is 0.319 e. The lowest BCUT2D eigenvalue weighted by atomic mass is 10.2. The molecule has 0 spiro atoms. The lowest BCUT2D eigenvalue weighted by molar-refractivity contribution is 0.175. The van der Waals surface area contributed by atoms with Gasteiger partial charge in [0, 0.05) is 12.6 Å². The average molecular weight is 334 g/mol. The van der Waals surface area contributed by atoms with Gasteiger partial charge in [-0.3, -0.25) is 0 Å². The standard InChI is InChI=1S/C16H15FN2O3S/c1-2-6-22-15-4-3-12(17)8-13(15)19-16(21)18-9-14(20)11-5-7-23-10-11/h1,3-5,7-8,10,14,20H,6,9H2,(H2,18,19,21)/t14-/m1/s1. The predicted octanol–water partition coefficient (Wildman–Crippen LogP) is 2.75. The summed E-state index contributed by atoms with van der Waals surface area (Å²) in [4.78, 5) is 11.9. The Bertz CT molecular complexity index is 698. The molecule has 0 aliphatic heterocycles. The molecule has 120 valence electrons. The highest BCUT2D eigenvalue weighted by molar-refractivity contribution is 7.07. The van der Waals surface area contributed by atoms with Crippen molar-refractivity contribution in [3.05, 3.63) is 46.4 Å². The summed E-state index contributed by atoms with van der Waals surface area (Å²) in [5, 5.41) is 18.5. The number of carbonyl (C=O) groups excluding carboxylic acids is 1. The van der Waals surface area contributed by atoms with Crippen molar-refractivity contribution in [1.82, 2.24) is 5.32 Å². The van der Waals surface area contributed by atoms with Crippen LogP contribution in [0.5, 0.6) is 5.75 Å². The number of terminal acetylenes is 1. The molecule has 7 heteroatoms. The summed E-state index contributed by atoms with van der Waals surface area (Å²) in [6.07, 6.45) is 4.30. The molecule has 0 unspecified atom stereocenters. The molecule has 0 fully saturated rings. The number of halogens is 1. The lowest BCUT2D eigenvalue weighted by Gasteiger charge is -2.14. The van der Waals surface area contributed by atoms with Crippen LogP contribution in [0.1, 0.15) is 11.7 Å². The monoisotopic (exact) mass is 334 g/mol. The number of urea groups is 1. The van der Waals surface area contributed by atoms with E-state index in [1.807, 2.05) is 5.38 Å². The molecule has 0 saturated heterocycles. The van der Waals surface area contributed by atoms with Crippen molar-refractivity contribution in [2.75, 3.05) is 18.5 Å². The summed E-state index contributed by atoms with van der Waals surface area (Å²) < 4.78 is 18.5. The van der Waals surface area contributed by atoms with Gasteiger partial charge in [-0.05, 0) is 34.5 Å². The highest BCUT2D eigenvalue weighted by Gasteiger charge is 2.12. The molecule has 0 saturated carbocycles. The summed E-state index contributed by atoms with van der Waals surface area (Å²) in [6.45, 7) is 0.0250. The zero-order chi connectivity index (χ0) is 16.7. The second kappa shape index (κ2) is 8.17. The molecular formula is C16H15FN2O3S. The number of nitrogens with one attached hydrogen (secondary N) is 2. The van der Waals surface area contributed by atoms with Gasteiger partial charge in [0.25, 0.3) is 0 Å². The van der Waals surface area contributed by atoms with Gasteiger partial charge in [0.1, 0.15) is 18.2 Å². The highest BCUT2D eigenvalue weighted by atomic mass is 32.1. The SMILES string of the molecule is C#CCOc1ccc(F)cc1NC(=O)NC[C@@H](O)c1ccsc1. The van der Waals surface area contributed by atoms with Gasteiger partial charge < -0.3 is 20.5 Å². The zero-order valence-electron chi connectivity index (χ0n) is 12.1. The molecule has 1 heterocycles. The summed E-state index contributed by atoms with van der Waals surface area (Å²) >= 11 is 1.45. The predicted molar refractivity (Wildman–Crippen MR) is 87.0 cm³/mol. The van der Waals surface area contributed by atoms with Crippen molar-refractivity contribution in [2.45, 2.75) is 6.10 Å². The second-order valence-corrected chi connectivity index (χ2v) is 5.32. The first kappa shape index (κ1) is 16.8. The minimum atomic E-state index is -0.809. The van der Waals surface area contributed by atoms with E-state index in [1.54, 1.807) is 11.4 Å². The number of benzene rings is 1. The Morgan fingerprint density at radius 3 is 3.00 bits per heavy atom. The third-order valence-corrected chi connectivity index (χ3v) is 3.59.